The van der Waals surface area contributed by atoms with Gasteiger partial charge in [0, 0.05) is 17.3 Å². The van der Waals surface area contributed by atoms with E-state index in [1.165, 1.54) is 32.1 Å². The molecule has 2 rings (SSSR count). The van der Waals surface area contributed by atoms with Crippen LogP contribution >= 0.6 is 0 Å². The van der Waals surface area contributed by atoms with Crippen LogP contribution in [0.1, 0.15) is 46.0 Å². The fourth-order valence-corrected chi connectivity index (χ4v) is 2.40. The standard InChI is InChI=1S/C17H25N3/c1-14(2)9-5-3-4-8-12-18-17-16-11-7-6-10-15(16)13-19-20-17/h6-7,10-11,13-14H,3-5,8-9,12H2,1-2H3,(H,18,20). The minimum absolute atomic E-state index is 0.832. The third kappa shape index (κ3) is 4.48. The Hall–Kier alpha value is -1.64. The van der Waals surface area contributed by atoms with E-state index in [1.807, 2.05) is 18.3 Å². The molecule has 0 aliphatic rings. The number of fused-ring (bicyclic) bond motifs is 1. The molecule has 108 valence electrons. The van der Waals surface area contributed by atoms with Crippen molar-refractivity contribution >= 4 is 16.6 Å². The molecule has 0 spiro atoms. The van der Waals surface area contributed by atoms with Crippen molar-refractivity contribution < 1.29 is 0 Å². The molecule has 20 heavy (non-hydrogen) atoms. The van der Waals surface area contributed by atoms with Crippen molar-refractivity contribution in [3.63, 3.8) is 0 Å². The van der Waals surface area contributed by atoms with Crippen molar-refractivity contribution in [3.05, 3.63) is 30.5 Å². The molecule has 3 nitrogen and oxygen atoms in total. The van der Waals surface area contributed by atoms with Crippen molar-refractivity contribution in [2.75, 3.05) is 11.9 Å². The zero-order valence-corrected chi connectivity index (χ0v) is 12.6. The maximum absolute atomic E-state index is 4.20. The summed E-state index contributed by atoms with van der Waals surface area (Å²) in [5, 5.41) is 14.0. The second-order valence-electron chi connectivity index (χ2n) is 5.80. The maximum atomic E-state index is 4.20. The summed E-state index contributed by atoms with van der Waals surface area (Å²) >= 11 is 0. The Bertz CT molecular complexity index is 517. The minimum Gasteiger partial charge on any atom is -0.368 e. The Morgan fingerprint density at radius 3 is 2.70 bits per heavy atom. The molecule has 0 amide bonds. The summed E-state index contributed by atoms with van der Waals surface area (Å²) in [6.07, 6.45) is 8.34. The Labute approximate surface area is 121 Å². The number of hydrogen-bond acceptors (Lipinski definition) is 3. The summed E-state index contributed by atoms with van der Waals surface area (Å²) in [5.74, 6) is 1.74. The molecule has 0 saturated carbocycles. The SMILES string of the molecule is CC(C)CCCCCCNc1nncc2ccccc12. The van der Waals surface area contributed by atoms with E-state index in [0.29, 0.717) is 0 Å². The molecule has 0 atom stereocenters. The number of anilines is 1. The van der Waals surface area contributed by atoms with E-state index in [9.17, 15) is 0 Å². The summed E-state index contributed by atoms with van der Waals surface area (Å²) in [6, 6.07) is 8.24. The molecule has 0 unspecified atom stereocenters. The highest BCUT2D eigenvalue weighted by molar-refractivity contribution is 5.90. The van der Waals surface area contributed by atoms with Gasteiger partial charge in [-0.2, -0.15) is 5.10 Å². The minimum atomic E-state index is 0.832. The average Bonchev–Trinajstić information content (AvgIpc) is 2.46. The smallest absolute Gasteiger partial charge is 0.156 e. The van der Waals surface area contributed by atoms with Crippen molar-refractivity contribution in [3.8, 4) is 0 Å². The van der Waals surface area contributed by atoms with E-state index < -0.39 is 0 Å². The zero-order valence-electron chi connectivity index (χ0n) is 12.6. The lowest BCUT2D eigenvalue weighted by molar-refractivity contribution is 0.523. The highest BCUT2D eigenvalue weighted by atomic mass is 15.2. The topological polar surface area (TPSA) is 37.8 Å². The van der Waals surface area contributed by atoms with Crippen LogP contribution in [-0.2, 0) is 0 Å². The van der Waals surface area contributed by atoms with Gasteiger partial charge in [0.05, 0.1) is 6.20 Å². The molecule has 1 aromatic heterocycles. The number of nitrogens with zero attached hydrogens (tertiary/aromatic N) is 2. The highest BCUT2D eigenvalue weighted by Crippen LogP contribution is 2.19. The molecule has 0 saturated heterocycles. The van der Waals surface area contributed by atoms with Crippen LogP contribution in [0.15, 0.2) is 30.5 Å². The first-order valence-corrected chi connectivity index (χ1v) is 7.71. The summed E-state index contributed by atoms with van der Waals surface area (Å²) in [4.78, 5) is 0. The van der Waals surface area contributed by atoms with Gasteiger partial charge in [0.2, 0.25) is 0 Å². The van der Waals surface area contributed by atoms with Crippen LogP contribution in [0.25, 0.3) is 10.8 Å². The fourth-order valence-electron chi connectivity index (χ4n) is 2.40. The van der Waals surface area contributed by atoms with E-state index in [-0.39, 0.29) is 0 Å². The van der Waals surface area contributed by atoms with Crippen LogP contribution in [0.5, 0.6) is 0 Å². The van der Waals surface area contributed by atoms with Crippen molar-refractivity contribution in [1.82, 2.24) is 10.2 Å². The second kappa shape index (κ2) is 7.83. The lowest BCUT2D eigenvalue weighted by Gasteiger charge is -2.08. The molecular weight excluding hydrogens is 246 g/mol. The van der Waals surface area contributed by atoms with Crippen molar-refractivity contribution in [2.24, 2.45) is 5.92 Å². The summed E-state index contributed by atoms with van der Waals surface area (Å²) in [5.41, 5.74) is 0. The Balaban J connectivity index is 1.73. The molecule has 1 heterocycles. The summed E-state index contributed by atoms with van der Waals surface area (Å²) in [6.45, 7) is 5.56. The Morgan fingerprint density at radius 2 is 1.85 bits per heavy atom. The van der Waals surface area contributed by atoms with Gasteiger partial charge in [-0.05, 0) is 12.3 Å². The van der Waals surface area contributed by atoms with Crippen LogP contribution < -0.4 is 5.32 Å². The van der Waals surface area contributed by atoms with E-state index in [2.05, 4.69) is 41.5 Å². The lowest BCUT2D eigenvalue weighted by atomic mass is 10.0. The third-order valence-corrected chi connectivity index (χ3v) is 3.57. The highest BCUT2D eigenvalue weighted by Gasteiger charge is 2.01. The third-order valence-electron chi connectivity index (χ3n) is 3.57. The summed E-state index contributed by atoms with van der Waals surface area (Å²) in [7, 11) is 0. The molecule has 1 N–H and O–H groups in total. The normalized spacial score (nSPS) is 11.2. The molecule has 0 aliphatic carbocycles. The molecule has 1 aromatic carbocycles. The largest absolute Gasteiger partial charge is 0.368 e. The van der Waals surface area contributed by atoms with Gasteiger partial charge >= 0.3 is 0 Å². The maximum Gasteiger partial charge on any atom is 0.156 e. The molecule has 0 bridgehead atoms. The Morgan fingerprint density at radius 1 is 1.05 bits per heavy atom. The molecule has 0 radical (unpaired) electrons. The van der Waals surface area contributed by atoms with Crippen molar-refractivity contribution in [2.45, 2.75) is 46.0 Å². The molecule has 0 aliphatic heterocycles. The molecular formula is C17H25N3. The molecule has 0 fully saturated rings. The number of hydrogen-bond donors (Lipinski definition) is 1. The number of aromatic nitrogens is 2. The van der Waals surface area contributed by atoms with Gasteiger partial charge in [-0.1, -0.05) is 63.8 Å². The first-order valence-electron chi connectivity index (χ1n) is 7.71. The summed E-state index contributed by atoms with van der Waals surface area (Å²) < 4.78 is 0. The first-order chi connectivity index (χ1) is 9.77. The first kappa shape index (κ1) is 14.8. The van der Waals surface area contributed by atoms with Crippen LogP contribution in [0.4, 0.5) is 5.82 Å². The lowest BCUT2D eigenvalue weighted by Crippen LogP contribution is -2.04. The molecule has 2 aromatic rings. The van der Waals surface area contributed by atoms with Gasteiger partial charge in [-0.3, -0.25) is 0 Å². The van der Waals surface area contributed by atoms with E-state index >= 15 is 0 Å². The van der Waals surface area contributed by atoms with Crippen LogP contribution in [-0.4, -0.2) is 16.7 Å². The van der Waals surface area contributed by atoms with E-state index in [1.54, 1.807) is 0 Å². The predicted octanol–water partition coefficient (Wildman–Crippen LogP) is 4.65. The number of rotatable bonds is 8. The van der Waals surface area contributed by atoms with E-state index in [0.717, 1.165) is 29.1 Å². The second-order valence-corrected chi connectivity index (χ2v) is 5.80. The van der Waals surface area contributed by atoms with Gasteiger partial charge < -0.3 is 5.32 Å². The number of unbranched alkanes of at least 4 members (excludes halogenated alkanes) is 3. The fraction of sp³-hybridized carbons (Fsp3) is 0.529. The van der Waals surface area contributed by atoms with Crippen LogP contribution in [0.2, 0.25) is 0 Å². The number of nitrogens with one attached hydrogen (secondary N) is 1. The van der Waals surface area contributed by atoms with Gasteiger partial charge in [0.1, 0.15) is 0 Å². The quantitative estimate of drug-likeness (QED) is 0.710. The number of benzene rings is 1. The van der Waals surface area contributed by atoms with Gasteiger partial charge in [-0.25, -0.2) is 0 Å². The van der Waals surface area contributed by atoms with Gasteiger partial charge in [0.25, 0.3) is 0 Å². The average molecular weight is 271 g/mol. The van der Waals surface area contributed by atoms with Crippen LogP contribution in [0, 0.1) is 5.92 Å². The zero-order chi connectivity index (χ0) is 14.2. The Kier molecular flexibility index (Phi) is 5.78. The predicted molar refractivity (Wildman–Crippen MR) is 86.0 cm³/mol. The molecule has 3 heteroatoms. The van der Waals surface area contributed by atoms with E-state index in [4.69, 9.17) is 0 Å². The monoisotopic (exact) mass is 271 g/mol. The van der Waals surface area contributed by atoms with Gasteiger partial charge in [0.15, 0.2) is 5.82 Å². The van der Waals surface area contributed by atoms with Gasteiger partial charge in [-0.15, -0.1) is 5.10 Å². The van der Waals surface area contributed by atoms with Crippen molar-refractivity contribution in [1.29, 1.82) is 0 Å². The van der Waals surface area contributed by atoms with Crippen LogP contribution in [0.3, 0.4) is 0 Å².